The summed E-state index contributed by atoms with van der Waals surface area (Å²) in [6.07, 6.45) is 23.2. The normalized spacial score (nSPS) is 11.9. The molecule has 0 saturated heterocycles. The molecule has 12 nitrogen and oxygen atoms in total. The summed E-state index contributed by atoms with van der Waals surface area (Å²) in [6, 6.07) is 8.29. The van der Waals surface area contributed by atoms with E-state index in [1.807, 2.05) is 95.6 Å². The maximum absolute atomic E-state index is 5.26. The minimum atomic E-state index is 0. The second kappa shape index (κ2) is 12.6. The van der Waals surface area contributed by atoms with Crippen LogP contribution in [0.5, 0.6) is 0 Å². The second-order valence-electron chi connectivity index (χ2n) is 11.9. The number of imidazole rings is 4. The van der Waals surface area contributed by atoms with E-state index in [1.165, 1.54) is 0 Å². The number of halogens is 1. The minimum absolute atomic E-state index is 0. The number of nitrogens with zero attached hydrogens (tertiary/aromatic N) is 10. The van der Waals surface area contributed by atoms with Crippen LogP contribution in [0.1, 0.15) is 22.8 Å². The van der Waals surface area contributed by atoms with Gasteiger partial charge in [-0.1, -0.05) is 0 Å². The quantitative estimate of drug-likeness (QED) is 0.269. The Kier molecular flexibility index (Phi) is 8.27. The van der Waals surface area contributed by atoms with Crippen LogP contribution < -0.4 is 12.4 Å². The second-order valence-corrected chi connectivity index (χ2v) is 11.9. The van der Waals surface area contributed by atoms with Crippen LogP contribution in [0.3, 0.4) is 0 Å². The van der Waals surface area contributed by atoms with E-state index in [1.54, 1.807) is 24.8 Å². The number of nitrogens with one attached hydrogen (secondary N) is 2. The Labute approximate surface area is 303 Å². The number of hydrogen-bond acceptors (Lipinski definition) is 6. The van der Waals surface area contributed by atoms with E-state index in [-0.39, 0.29) is 29.5 Å². The smallest absolute Gasteiger partial charge is 0.143 e. The van der Waals surface area contributed by atoms with Crippen molar-refractivity contribution >= 4 is 46.4 Å². The first-order valence-electron chi connectivity index (χ1n) is 15.5. The van der Waals surface area contributed by atoms with Gasteiger partial charge in [0.15, 0.2) is 0 Å². The third-order valence-corrected chi connectivity index (χ3v) is 8.93. The number of hydrogen-bond donors (Lipinski definition) is 2. The monoisotopic (exact) mass is 720 g/mol. The van der Waals surface area contributed by atoms with Gasteiger partial charge in [-0.15, -0.1) is 0 Å². The molecule has 2 N–H and O–H groups in total. The summed E-state index contributed by atoms with van der Waals surface area (Å²) in [5.74, 6) is 3.15. The number of aromatic nitrogens is 12. The van der Waals surface area contributed by atoms with Crippen LogP contribution in [0.15, 0.2) is 73.8 Å². The summed E-state index contributed by atoms with van der Waals surface area (Å²) in [6.45, 7) is 0. The van der Waals surface area contributed by atoms with Crippen molar-refractivity contribution in [3.05, 3.63) is 96.6 Å². The molecular weight excluding hydrogens is 691 g/mol. The maximum atomic E-state index is 5.26. The average Bonchev–Trinajstić information content (AvgIpc) is 3.91. The van der Waals surface area contributed by atoms with Gasteiger partial charge < -0.3 is 40.6 Å². The molecule has 0 aliphatic carbocycles. The van der Waals surface area contributed by atoms with Gasteiger partial charge in [0.25, 0.3) is 0 Å². The SMILES string of the molecule is Cn1ccnc1-c1c2nc(c(-c3nccn3C)c3ccc([nH]3)c(-c3nccn3C)c3nc(c(-c4nccn4C)c4ccc1[nH]4)C=C3)C=C2.[Cl-].[Mn]. The molecule has 1 radical (unpaired) electrons. The molecule has 8 bridgehead atoms. The Morgan fingerprint density at radius 1 is 0.420 bits per heavy atom. The van der Waals surface area contributed by atoms with Crippen molar-refractivity contribution in [2.45, 2.75) is 0 Å². The zero-order valence-electron chi connectivity index (χ0n) is 27.5. The van der Waals surface area contributed by atoms with E-state index in [0.29, 0.717) is 0 Å². The number of H-pyrrole nitrogens is 2. The summed E-state index contributed by atoms with van der Waals surface area (Å²) in [4.78, 5) is 37.0. The fourth-order valence-corrected chi connectivity index (χ4v) is 6.57. The minimum Gasteiger partial charge on any atom is -1.00 e. The Morgan fingerprint density at radius 2 is 0.660 bits per heavy atom. The molecule has 0 unspecified atom stereocenters. The van der Waals surface area contributed by atoms with Crippen molar-refractivity contribution in [3.63, 3.8) is 0 Å². The van der Waals surface area contributed by atoms with Crippen molar-refractivity contribution in [1.29, 1.82) is 0 Å². The predicted molar refractivity (Wildman–Crippen MR) is 188 cm³/mol. The van der Waals surface area contributed by atoms with E-state index in [9.17, 15) is 0 Å². The third-order valence-electron chi connectivity index (χ3n) is 8.93. The summed E-state index contributed by atoms with van der Waals surface area (Å²) in [7, 11) is 7.96. The summed E-state index contributed by atoms with van der Waals surface area (Å²) < 4.78 is 8.03. The fraction of sp³-hybridized carbons (Fsp3) is 0.111. The van der Waals surface area contributed by atoms with Crippen molar-refractivity contribution in [1.82, 2.24) is 58.1 Å². The van der Waals surface area contributed by atoms with Gasteiger partial charge in [-0.2, -0.15) is 0 Å². The third kappa shape index (κ3) is 5.14. The van der Waals surface area contributed by atoms with Crippen molar-refractivity contribution < 1.29 is 29.5 Å². The van der Waals surface area contributed by atoms with Gasteiger partial charge in [0.1, 0.15) is 23.3 Å². The molecule has 7 aromatic rings. The van der Waals surface area contributed by atoms with Crippen LogP contribution in [-0.4, -0.2) is 58.1 Å². The molecule has 50 heavy (non-hydrogen) atoms. The molecule has 0 fully saturated rings. The Balaban J connectivity index is 0.00000196. The van der Waals surface area contributed by atoms with Gasteiger partial charge in [-0.05, 0) is 48.6 Å². The van der Waals surface area contributed by atoms with Gasteiger partial charge in [0.2, 0.25) is 0 Å². The van der Waals surface area contributed by atoms with Crippen LogP contribution in [0.4, 0.5) is 0 Å². The fourth-order valence-electron chi connectivity index (χ4n) is 6.57. The van der Waals surface area contributed by atoms with Gasteiger partial charge in [-0.3, -0.25) is 0 Å². The molecule has 2 aliphatic rings. The first kappa shape index (κ1) is 32.8. The van der Waals surface area contributed by atoms with Gasteiger partial charge in [0, 0.05) is 94.8 Å². The Hall–Kier alpha value is -5.75. The van der Waals surface area contributed by atoms with Gasteiger partial charge >= 0.3 is 0 Å². The molecule has 0 atom stereocenters. The van der Waals surface area contributed by atoms with Gasteiger partial charge in [0.05, 0.1) is 67.1 Å². The first-order valence-corrected chi connectivity index (χ1v) is 15.5. The molecule has 0 aromatic carbocycles. The van der Waals surface area contributed by atoms with Crippen molar-refractivity contribution in [2.24, 2.45) is 28.2 Å². The number of rotatable bonds is 4. The largest absolute Gasteiger partial charge is 1.00 e. The maximum Gasteiger partial charge on any atom is 0.143 e. The molecule has 249 valence electrons. The van der Waals surface area contributed by atoms with E-state index in [4.69, 9.17) is 29.9 Å². The van der Waals surface area contributed by atoms with E-state index in [2.05, 4.69) is 34.2 Å². The molecule has 0 amide bonds. The van der Waals surface area contributed by atoms with Crippen LogP contribution in [0, 0.1) is 0 Å². The number of aryl methyl sites for hydroxylation is 4. The van der Waals surface area contributed by atoms with E-state index in [0.717, 1.165) is 90.4 Å². The molecule has 0 spiro atoms. The molecule has 9 rings (SSSR count). The van der Waals surface area contributed by atoms with E-state index >= 15 is 0 Å². The Morgan fingerprint density at radius 3 is 0.860 bits per heavy atom. The molecule has 14 heteroatoms. The average molecular weight is 721 g/mol. The van der Waals surface area contributed by atoms with Gasteiger partial charge in [-0.25, -0.2) is 29.9 Å². The molecule has 2 aliphatic heterocycles. The number of aromatic amines is 2. The first-order chi connectivity index (χ1) is 23.4. The molecule has 7 aromatic heterocycles. The van der Waals surface area contributed by atoms with Crippen molar-refractivity contribution in [2.75, 3.05) is 0 Å². The summed E-state index contributed by atoms with van der Waals surface area (Å²) in [5, 5.41) is 0. The van der Waals surface area contributed by atoms with Crippen LogP contribution in [0.25, 0.3) is 91.9 Å². The Bertz CT molecular complexity index is 2290. The topological polar surface area (TPSA) is 129 Å². The standard InChI is InChI=1S/C36H30N12.ClH.Mn/c1-45-17-13-37-33(45)29-21-5-7-23(41-21)30(34-38-14-18-46(34)2)25-9-11-27(43-25)32(36-40-16-20-48(36)4)28-12-10-26(44-28)31(24-8-6-22(29)42-24)35-39-15-19-47(35)3;;/h5-20,41,44H,1-4H3;1H;/p-1. The van der Waals surface area contributed by atoms with Crippen molar-refractivity contribution in [3.8, 4) is 45.6 Å². The zero-order chi connectivity index (χ0) is 32.5. The van der Waals surface area contributed by atoms with Crippen LogP contribution in [-0.2, 0) is 45.3 Å². The molecular formula is C36H30ClMnN12-. The molecule has 9 heterocycles. The summed E-state index contributed by atoms with van der Waals surface area (Å²) >= 11 is 0. The zero-order valence-corrected chi connectivity index (χ0v) is 29.4. The molecule has 0 saturated carbocycles. The predicted octanol–water partition coefficient (Wildman–Crippen LogP) is 3.26. The summed E-state index contributed by atoms with van der Waals surface area (Å²) in [5.41, 5.74) is 10.1. The van der Waals surface area contributed by atoms with Crippen LogP contribution >= 0.6 is 0 Å². The van der Waals surface area contributed by atoms with E-state index < -0.39 is 0 Å². The number of fused-ring (bicyclic) bond motifs is 8. The van der Waals surface area contributed by atoms with Crippen LogP contribution in [0.2, 0.25) is 0 Å².